The van der Waals surface area contributed by atoms with Gasteiger partial charge in [0.2, 0.25) is 0 Å². The molecule has 0 aliphatic rings. The van der Waals surface area contributed by atoms with Crippen molar-refractivity contribution in [1.82, 2.24) is 9.13 Å². The molecule has 0 aliphatic heterocycles. The molecule has 1 heterocycles. The molecular weight excluding hydrogens is 408 g/mol. The molecule has 0 fully saturated rings. The summed E-state index contributed by atoms with van der Waals surface area (Å²) in [7, 11) is 0. The van der Waals surface area contributed by atoms with Crippen molar-refractivity contribution in [2.75, 3.05) is 30.0 Å². The van der Waals surface area contributed by atoms with E-state index in [9.17, 15) is 4.79 Å². The molecule has 0 bridgehead atoms. The van der Waals surface area contributed by atoms with Gasteiger partial charge in [0, 0.05) is 32.0 Å². The van der Waals surface area contributed by atoms with E-state index in [-0.39, 0.29) is 5.69 Å². The molecule has 31 heavy (non-hydrogen) atoms. The van der Waals surface area contributed by atoms with E-state index in [0.29, 0.717) is 19.8 Å². The molecule has 2 aromatic rings. The number of aromatic nitrogens is 2. The topological polar surface area (TPSA) is 80.9 Å². The van der Waals surface area contributed by atoms with Gasteiger partial charge in [-0.05, 0) is 50.1 Å². The van der Waals surface area contributed by atoms with Crippen molar-refractivity contribution in [1.29, 1.82) is 0 Å². The van der Waals surface area contributed by atoms with Gasteiger partial charge in [0.1, 0.15) is 0 Å². The maximum Gasteiger partial charge on any atom is 0.330 e. The molecule has 0 radical (unpaired) electrons. The standard InChI is InChI=1S/C20H28N6OS.C3H8/c1-22-11-9-17-15-25(20(27)26(17)13-10-21)16-24(12-6-14-28-3)19-8-5-4-7-18(19)23-2;1-3-2/h4-5,7-9,11,15H,1-2,6,10,12-14,16,21H2,3H3;3H2,1-2H3/b11-9-;. The monoisotopic (exact) mass is 444 g/mol. The Kier molecular flexibility index (Phi) is 13.0. The lowest BCUT2D eigenvalue weighted by molar-refractivity contribution is 0.584. The van der Waals surface area contributed by atoms with E-state index in [0.717, 1.165) is 35.8 Å². The number of aliphatic imine (C=N–C) groups is 2. The van der Waals surface area contributed by atoms with E-state index < -0.39 is 0 Å². The van der Waals surface area contributed by atoms with Crippen LogP contribution >= 0.6 is 11.8 Å². The Morgan fingerprint density at radius 1 is 1.26 bits per heavy atom. The fraction of sp³-hybridized carbons (Fsp3) is 0.435. The summed E-state index contributed by atoms with van der Waals surface area (Å²) in [5.41, 5.74) is 8.10. The van der Waals surface area contributed by atoms with Gasteiger partial charge in [-0.25, -0.2) is 4.79 Å². The molecule has 0 spiro atoms. The summed E-state index contributed by atoms with van der Waals surface area (Å²) in [6.07, 6.45) is 9.49. The first-order valence-electron chi connectivity index (χ1n) is 10.5. The first-order valence-corrected chi connectivity index (χ1v) is 11.9. The third kappa shape index (κ3) is 8.22. The van der Waals surface area contributed by atoms with Crippen molar-refractivity contribution in [2.45, 2.75) is 39.9 Å². The Labute approximate surface area is 190 Å². The van der Waals surface area contributed by atoms with Gasteiger partial charge >= 0.3 is 5.69 Å². The smallest absolute Gasteiger partial charge is 0.330 e. The van der Waals surface area contributed by atoms with Crippen LogP contribution in [0.25, 0.3) is 6.08 Å². The SMILES string of the molecule is C=N/C=C\c1cn(CN(CCCSC)c2ccccc2N=C)c(=O)n1CCN.CCC. The lowest BCUT2D eigenvalue weighted by Crippen LogP contribution is -2.34. The second kappa shape index (κ2) is 15.3. The zero-order valence-corrected chi connectivity index (χ0v) is 19.9. The van der Waals surface area contributed by atoms with E-state index in [1.807, 2.05) is 30.5 Å². The third-order valence-corrected chi connectivity index (χ3v) is 4.97. The van der Waals surface area contributed by atoms with Gasteiger partial charge in [0.15, 0.2) is 0 Å². The van der Waals surface area contributed by atoms with Crippen LogP contribution in [0.2, 0.25) is 0 Å². The van der Waals surface area contributed by atoms with Gasteiger partial charge in [-0.15, -0.1) is 0 Å². The minimum absolute atomic E-state index is 0.104. The Morgan fingerprint density at radius 2 is 1.97 bits per heavy atom. The molecule has 8 heteroatoms. The summed E-state index contributed by atoms with van der Waals surface area (Å²) in [4.78, 5) is 23.0. The molecule has 1 aromatic heterocycles. The second-order valence-electron chi connectivity index (χ2n) is 6.85. The number of rotatable bonds is 12. The van der Waals surface area contributed by atoms with Gasteiger partial charge in [0.05, 0.1) is 23.7 Å². The average molecular weight is 445 g/mol. The molecular formula is C23H36N6OS. The summed E-state index contributed by atoms with van der Waals surface area (Å²) in [5.74, 6) is 1.04. The number of imidazole rings is 1. The van der Waals surface area contributed by atoms with Gasteiger partial charge in [-0.2, -0.15) is 11.8 Å². The molecule has 0 amide bonds. The largest absolute Gasteiger partial charge is 0.352 e. The molecule has 0 unspecified atom stereocenters. The van der Waals surface area contributed by atoms with Gasteiger partial charge < -0.3 is 10.6 Å². The highest BCUT2D eigenvalue weighted by Gasteiger charge is 2.15. The van der Waals surface area contributed by atoms with E-state index in [1.165, 1.54) is 6.42 Å². The van der Waals surface area contributed by atoms with Crippen molar-refractivity contribution >= 4 is 42.6 Å². The molecule has 2 N–H and O–H groups in total. The predicted octanol–water partition coefficient (Wildman–Crippen LogP) is 4.25. The van der Waals surface area contributed by atoms with Crippen LogP contribution in [0.4, 0.5) is 11.4 Å². The quantitative estimate of drug-likeness (QED) is 0.392. The zero-order valence-electron chi connectivity index (χ0n) is 19.0. The molecule has 0 aliphatic carbocycles. The Morgan fingerprint density at radius 3 is 2.58 bits per heavy atom. The highest BCUT2D eigenvalue weighted by Crippen LogP contribution is 2.28. The predicted molar refractivity (Wildman–Crippen MR) is 138 cm³/mol. The number of anilines is 1. The fourth-order valence-corrected chi connectivity index (χ4v) is 3.40. The first-order chi connectivity index (χ1) is 15.1. The average Bonchev–Trinajstić information content (AvgIpc) is 3.07. The van der Waals surface area contributed by atoms with Crippen LogP contribution in [0.5, 0.6) is 0 Å². The Hall–Kier alpha value is -2.58. The summed E-state index contributed by atoms with van der Waals surface area (Å²) < 4.78 is 3.34. The highest BCUT2D eigenvalue weighted by atomic mass is 32.2. The minimum atomic E-state index is -0.104. The molecule has 0 saturated carbocycles. The van der Waals surface area contributed by atoms with E-state index in [4.69, 9.17) is 5.73 Å². The number of nitrogens with two attached hydrogens (primary N) is 1. The van der Waals surface area contributed by atoms with Crippen LogP contribution in [-0.2, 0) is 13.2 Å². The van der Waals surface area contributed by atoms with Crippen molar-refractivity contribution in [3.05, 3.63) is 52.8 Å². The van der Waals surface area contributed by atoms with Crippen molar-refractivity contribution < 1.29 is 0 Å². The maximum atomic E-state index is 12.9. The normalized spacial score (nSPS) is 10.6. The van der Waals surface area contributed by atoms with E-state index >= 15 is 0 Å². The van der Waals surface area contributed by atoms with Crippen LogP contribution in [0, 0.1) is 0 Å². The highest BCUT2D eigenvalue weighted by molar-refractivity contribution is 7.98. The first kappa shape index (κ1) is 26.5. The zero-order chi connectivity index (χ0) is 23.1. The van der Waals surface area contributed by atoms with Gasteiger partial charge in [-0.1, -0.05) is 32.4 Å². The number of para-hydroxylation sites is 2. The lowest BCUT2D eigenvalue weighted by Gasteiger charge is -2.26. The molecule has 0 saturated heterocycles. The van der Waals surface area contributed by atoms with Crippen LogP contribution in [-0.4, -0.2) is 47.7 Å². The molecule has 170 valence electrons. The number of hydrogen-bond donors (Lipinski definition) is 1. The minimum Gasteiger partial charge on any atom is -0.352 e. The lowest BCUT2D eigenvalue weighted by atomic mass is 10.2. The van der Waals surface area contributed by atoms with Crippen molar-refractivity contribution in [2.24, 2.45) is 15.7 Å². The summed E-state index contributed by atoms with van der Waals surface area (Å²) in [6, 6.07) is 7.84. The van der Waals surface area contributed by atoms with Crippen molar-refractivity contribution in [3.8, 4) is 0 Å². The molecule has 7 nitrogen and oxygen atoms in total. The summed E-state index contributed by atoms with van der Waals surface area (Å²) in [5, 5.41) is 0. The molecule has 2 rings (SSSR count). The third-order valence-electron chi connectivity index (χ3n) is 4.27. The van der Waals surface area contributed by atoms with Crippen LogP contribution < -0.4 is 16.3 Å². The summed E-state index contributed by atoms with van der Waals surface area (Å²) >= 11 is 1.81. The van der Waals surface area contributed by atoms with Crippen molar-refractivity contribution in [3.63, 3.8) is 0 Å². The van der Waals surface area contributed by atoms with E-state index in [1.54, 1.807) is 33.2 Å². The summed E-state index contributed by atoms with van der Waals surface area (Å²) in [6.45, 7) is 13.4. The maximum absolute atomic E-state index is 12.9. The molecule has 0 atom stereocenters. The van der Waals surface area contributed by atoms with Crippen LogP contribution in [0.15, 0.2) is 51.4 Å². The van der Waals surface area contributed by atoms with Gasteiger partial charge in [-0.3, -0.25) is 19.1 Å². The van der Waals surface area contributed by atoms with Gasteiger partial charge in [0.25, 0.3) is 0 Å². The van der Waals surface area contributed by atoms with E-state index in [2.05, 4.69) is 48.4 Å². The number of thioether (sulfide) groups is 1. The number of benzene rings is 1. The van der Waals surface area contributed by atoms with Crippen LogP contribution in [0.3, 0.4) is 0 Å². The molecule has 1 aromatic carbocycles. The fourth-order valence-electron chi connectivity index (χ4n) is 2.98. The number of hydrogen-bond acceptors (Lipinski definition) is 6. The second-order valence-corrected chi connectivity index (χ2v) is 7.84. The Balaban J connectivity index is 0.00000151. The van der Waals surface area contributed by atoms with Crippen LogP contribution in [0.1, 0.15) is 32.4 Å². The Bertz CT molecular complexity index is 886. The number of nitrogens with zero attached hydrogens (tertiary/aromatic N) is 5.